The molecule has 0 spiro atoms. The summed E-state index contributed by atoms with van der Waals surface area (Å²) < 4.78 is 57.4. The molecule has 5 heterocycles. The fraction of sp³-hybridized carbons (Fsp3) is 0.760. The van der Waals surface area contributed by atoms with Gasteiger partial charge < -0.3 is 37.9 Å². The highest BCUT2D eigenvalue weighted by Gasteiger charge is 2.67. The van der Waals surface area contributed by atoms with Gasteiger partial charge in [-0.05, 0) is 169 Å². The van der Waals surface area contributed by atoms with Crippen LogP contribution in [0.25, 0.3) is 0 Å². The van der Waals surface area contributed by atoms with Crippen molar-refractivity contribution in [2.75, 3.05) is 54.9 Å². The predicted molar refractivity (Wildman–Crippen MR) is 472 cm³/mol. The molecule has 0 amide bonds. The van der Waals surface area contributed by atoms with Crippen LogP contribution in [-0.4, -0.2) is 129 Å². The topological polar surface area (TPSA) is 170 Å². The maximum absolute atomic E-state index is 8.07. The number of nitrogens with one attached hydrogen (secondary N) is 8. The summed E-state index contributed by atoms with van der Waals surface area (Å²) in [4.78, 5) is 0. The Morgan fingerprint density at radius 3 is 0.629 bits per heavy atom. The molecule has 5 aliphatic heterocycles. The lowest BCUT2D eigenvalue weighted by atomic mass is 9.59. The van der Waals surface area contributed by atoms with Crippen molar-refractivity contribution in [3.05, 3.63) is 119 Å². The predicted octanol–water partition coefficient (Wildman–Crippen LogP) is 20.2. The average Bonchev–Trinajstić information content (AvgIpc) is 1.54. The van der Waals surface area contributed by atoms with Crippen molar-refractivity contribution in [3.8, 4) is 23.0 Å². The van der Waals surface area contributed by atoms with Crippen LogP contribution in [0, 0.1) is 71.0 Å². The average molecular weight is 1600 g/mol. The molecule has 8 bridgehead atoms. The van der Waals surface area contributed by atoms with Crippen molar-refractivity contribution in [1.82, 2.24) is 42.5 Å². The van der Waals surface area contributed by atoms with Crippen LogP contribution in [0.3, 0.4) is 0 Å². The first-order chi connectivity index (χ1) is 57.1. The van der Waals surface area contributed by atoms with Gasteiger partial charge in [0.25, 0.3) is 0 Å². The number of ether oxygens (including phenoxy) is 8. The first kappa shape index (κ1) is 89.4. The molecule has 116 heavy (non-hydrogen) atoms. The van der Waals surface area contributed by atoms with Crippen LogP contribution in [0.4, 0.5) is 0 Å². The first-order valence-corrected chi connectivity index (χ1v) is 48.2. The number of unbranched alkanes of at least 4 members (excludes halogenated alkanes) is 16. The lowest BCUT2D eigenvalue weighted by Crippen LogP contribution is -2.62. The molecule has 13 rings (SSSR count). The minimum absolute atomic E-state index is 0.0129. The van der Waals surface area contributed by atoms with E-state index in [1.807, 2.05) is 28.4 Å². The van der Waals surface area contributed by atoms with Gasteiger partial charge in [0.2, 0.25) is 0 Å². The summed E-state index contributed by atoms with van der Waals surface area (Å²) >= 11 is 0. The summed E-state index contributed by atoms with van der Waals surface area (Å²) in [6, 6.07) is 36.0. The third kappa shape index (κ3) is 20.7. The molecule has 4 aromatic rings. The molecular formula is C100H160N8O8. The van der Waals surface area contributed by atoms with Crippen LogP contribution in [0.5, 0.6) is 23.0 Å². The van der Waals surface area contributed by atoms with Crippen molar-refractivity contribution in [2.24, 2.45) is 71.0 Å². The minimum atomic E-state index is -0.293. The van der Waals surface area contributed by atoms with Crippen molar-refractivity contribution >= 4 is 0 Å². The van der Waals surface area contributed by atoms with Gasteiger partial charge in [-0.15, -0.1) is 0 Å². The van der Waals surface area contributed by atoms with Crippen molar-refractivity contribution in [1.29, 1.82) is 0 Å². The van der Waals surface area contributed by atoms with Gasteiger partial charge in [-0.2, -0.15) is 0 Å². The van der Waals surface area contributed by atoms with Crippen molar-refractivity contribution in [2.45, 2.75) is 358 Å². The first-order valence-electron chi connectivity index (χ1n) is 48.2. The molecule has 28 atom stereocenters. The zero-order valence-electron chi connectivity index (χ0n) is 74.1. The molecule has 648 valence electrons. The Kier molecular flexibility index (Phi) is 34.8. The molecule has 0 radical (unpaired) electrons. The number of fused-ring (bicyclic) bond motifs is 20. The van der Waals surface area contributed by atoms with E-state index in [1.165, 1.54) is 176 Å². The van der Waals surface area contributed by atoms with Gasteiger partial charge in [0.1, 0.15) is 23.0 Å². The highest BCUT2D eigenvalue weighted by Crippen LogP contribution is 2.60. The second-order valence-electron chi connectivity index (χ2n) is 37.3. The molecule has 4 aliphatic carbocycles. The van der Waals surface area contributed by atoms with E-state index in [-0.39, 0.29) is 121 Å². The van der Waals surface area contributed by atoms with E-state index in [2.05, 4.69) is 152 Å². The highest BCUT2D eigenvalue weighted by atomic mass is 16.5. The molecule has 4 aromatic carbocycles. The maximum atomic E-state index is 8.07. The number of benzene rings is 4. The van der Waals surface area contributed by atoms with Gasteiger partial charge in [0.15, 0.2) is 0 Å². The summed E-state index contributed by atoms with van der Waals surface area (Å²) in [6.07, 6.45) is 36.9. The zero-order chi connectivity index (χ0) is 80.9. The fourth-order valence-corrected chi connectivity index (χ4v) is 24.8. The second kappa shape index (κ2) is 45.1. The number of hydrogen-bond donors (Lipinski definition) is 8. The molecule has 28 unspecified atom stereocenters. The van der Waals surface area contributed by atoms with Crippen LogP contribution < -0.4 is 61.5 Å². The molecule has 9 fully saturated rings. The van der Waals surface area contributed by atoms with E-state index >= 15 is 0 Å². The summed E-state index contributed by atoms with van der Waals surface area (Å²) in [5.74, 6) is 6.46. The maximum Gasteiger partial charge on any atom is 0.119 e. The Bertz CT molecular complexity index is 3280. The third-order valence-electron chi connectivity index (χ3n) is 30.3. The van der Waals surface area contributed by atoms with Gasteiger partial charge in [-0.3, -0.25) is 42.5 Å². The Labute approximate surface area is 703 Å². The molecule has 4 saturated carbocycles. The standard InChI is InChI=1S/C100H160N8O8/c1-13-21-29-33-41-65-53-55-67(43-35-31-23-15-3)83-81(65)93-101-94-82-66(42-34-30-22-14-2)54-56-68(44-36-32-24-16-4)84(82)96(103-94)105-98-86-88(92(116-60-28-20-8)80(72-48-40-52-76(64-72)112-12)78(90(86)114-58-26-18-6)70-46-38-50-74(62-70)110-10)100(107-98)108-99-87-85(97(106-99)104-95(83)102-93)89(113-57-25-17-5)77(69-45-37-49-73(61-69)109-9)79(91(87)115-59-27-19-7)71-47-39-51-75(63-71)111-11/h37-40,45-52,61-68,77-108H,13-36,41-44,53-60H2,1-12H3. The molecule has 0 aromatic heterocycles. The SMILES string of the molecule is CCCCCCC1CCC(CCCCCC)C2C3NC(NC4NC(NC5NC(NC6NC(N3)C3C(OCCCC)C(c7cccc(OC)c7)C(c7cccc(OC)c7)C(OCCCC)C63)C3C(OCCCC)C(c6cccc(OC)c6)C(c6cccc(OC)c6)C(OCCCC)C53)C3C(CCCCCC)CCC(CCCCCC)C43)C12. The van der Waals surface area contributed by atoms with E-state index in [4.69, 9.17) is 80.4 Å². The normalized spacial score (nSPS) is 35.2. The van der Waals surface area contributed by atoms with E-state index < -0.39 is 0 Å². The van der Waals surface area contributed by atoms with E-state index in [0.29, 0.717) is 73.8 Å². The Balaban J connectivity index is 1.07. The van der Waals surface area contributed by atoms with Gasteiger partial charge >= 0.3 is 0 Å². The van der Waals surface area contributed by atoms with E-state index in [9.17, 15) is 0 Å². The van der Waals surface area contributed by atoms with E-state index in [0.717, 1.165) is 74.4 Å². The lowest BCUT2D eigenvalue weighted by Gasteiger charge is -2.53. The van der Waals surface area contributed by atoms with Gasteiger partial charge in [0.05, 0.1) is 102 Å². The van der Waals surface area contributed by atoms with Crippen molar-refractivity contribution in [3.63, 3.8) is 0 Å². The summed E-state index contributed by atoms with van der Waals surface area (Å²) in [7, 11) is 7.27. The largest absolute Gasteiger partial charge is 0.497 e. The molecule has 9 aliphatic rings. The summed E-state index contributed by atoms with van der Waals surface area (Å²) in [5.41, 5.74) is 4.83. The Morgan fingerprint density at radius 1 is 0.241 bits per heavy atom. The number of rotatable bonds is 44. The van der Waals surface area contributed by atoms with Gasteiger partial charge in [-0.1, -0.05) is 258 Å². The Morgan fingerprint density at radius 2 is 0.440 bits per heavy atom. The number of hydrogen-bond acceptors (Lipinski definition) is 16. The fourth-order valence-electron chi connectivity index (χ4n) is 24.8. The molecule has 5 saturated heterocycles. The van der Waals surface area contributed by atoms with Gasteiger partial charge in [-0.25, -0.2) is 0 Å². The Hall–Kier alpha value is -4.40. The molecular weight excluding hydrogens is 1440 g/mol. The molecule has 16 heteroatoms. The lowest BCUT2D eigenvalue weighted by molar-refractivity contribution is -0.132. The van der Waals surface area contributed by atoms with Gasteiger partial charge in [0, 0.05) is 73.8 Å². The minimum Gasteiger partial charge on any atom is -0.497 e. The van der Waals surface area contributed by atoms with Crippen LogP contribution in [0.1, 0.15) is 307 Å². The van der Waals surface area contributed by atoms with Crippen LogP contribution in [-0.2, 0) is 18.9 Å². The van der Waals surface area contributed by atoms with E-state index in [1.54, 1.807) is 0 Å². The van der Waals surface area contributed by atoms with Crippen LogP contribution >= 0.6 is 0 Å². The molecule has 16 nitrogen and oxygen atoms in total. The van der Waals surface area contributed by atoms with Crippen LogP contribution in [0.15, 0.2) is 97.1 Å². The molecule has 8 N–H and O–H groups in total. The zero-order valence-corrected chi connectivity index (χ0v) is 74.1. The number of methoxy groups -OCH3 is 4. The smallest absolute Gasteiger partial charge is 0.119 e. The van der Waals surface area contributed by atoms with Crippen LogP contribution in [0.2, 0.25) is 0 Å². The quantitative estimate of drug-likeness (QED) is 0.0197. The summed E-state index contributed by atoms with van der Waals surface area (Å²) in [6.45, 7) is 21.4. The van der Waals surface area contributed by atoms with Crippen molar-refractivity contribution < 1.29 is 37.9 Å². The second-order valence-corrected chi connectivity index (χ2v) is 37.3. The monoisotopic (exact) mass is 1600 g/mol. The summed E-state index contributed by atoms with van der Waals surface area (Å²) in [5, 5.41) is 38.4. The highest BCUT2D eigenvalue weighted by molar-refractivity contribution is 5.43. The third-order valence-corrected chi connectivity index (χ3v) is 30.3.